The third-order valence-corrected chi connectivity index (χ3v) is 3.46. The molecule has 5 nitrogen and oxygen atoms in total. The molecular formula is C12H15ClN2O3. The number of nitrogens with zero attached hydrogens (tertiary/aromatic N) is 1. The molecule has 0 saturated carbocycles. The average molecular weight is 271 g/mol. The number of anilines is 2. The van der Waals surface area contributed by atoms with Gasteiger partial charge in [0.2, 0.25) is 0 Å². The van der Waals surface area contributed by atoms with E-state index in [4.69, 9.17) is 22.4 Å². The summed E-state index contributed by atoms with van der Waals surface area (Å²) < 4.78 is 0. The van der Waals surface area contributed by atoms with Crippen LogP contribution in [0.4, 0.5) is 11.4 Å². The SMILES string of the molecule is Nc1cc(Cl)c(N2CCC(CO)C2)c(C(=O)O)c1. The summed E-state index contributed by atoms with van der Waals surface area (Å²) in [6.45, 7) is 1.40. The maximum absolute atomic E-state index is 11.2. The zero-order chi connectivity index (χ0) is 13.3. The lowest BCUT2D eigenvalue weighted by Gasteiger charge is -2.22. The Hall–Kier alpha value is -1.46. The standard InChI is InChI=1S/C12H15ClN2O3/c13-10-4-8(14)3-9(12(17)18)11(10)15-2-1-7(5-15)6-16/h3-4,7,16H,1-2,5-6,14H2,(H,17,18). The second-order valence-electron chi connectivity index (χ2n) is 4.49. The van der Waals surface area contributed by atoms with E-state index in [9.17, 15) is 9.90 Å². The normalized spacial score (nSPS) is 19.2. The number of carboxylic acids is 1. The smallest absolute Gasteiger partial charge is 0.337 e. The second kappa shape index (κ2) is 5.04. The minimum Gasteiger partial charge on any atom is -0.478 e. The molecule has 6 heteroatoms. The number of rotatable bonds is 3. The maximum Gasteiger partial charge on any atom is 0.337 e. The number of aliphatic hydroxyl groups is 1. The van der Waals surface area contributed by atoms with Crippen molar-refractivity contribution in [2.75, 3.05) is 30.3 Å². The number of aromatic carboxylic acids is 1. The summed E-state index contributed by atoms with van der Waals surface area (Å²) in [5, 5.41) is 18.7. The zero-order valence-corrected chi connectivity index (χ0v) is 10.5. The van der Waals surface area contributed by atoms with E-state index in [-0.39, 0.29) is 18.1 Å². The van der Waals surface area contributed by atoms with Gasteiger partial charge in [0, 0.05) is 31.3 Å². The van der Waals surface area contributed by atoms with Crippen LogP contribution in [-0.2, 0) is 0 Å². The van der Waals surface area contributed by atoms with Crippen LogP contribution in [0.25, 0.3) is 0 Å². The predicted octanol–water partition coefficient (Wildman–Crippen LogP) is 1.44. The van der Waals surface area contributed by atoms with Crippen LogP contribution in [0.15, 0.2) is 12.1 Å². The first-order valence-electron chi connectivity index (χ1n) is 5.71. The number of carboxylic acid groups (broad SMARTS) is 1. The Morgan fingerprint density at radius 2 is 2.28 bits per heavy atom. The highest BCUT2D eigenvalue weighted by molar-refractivity contribution is 6.34. The molecule has 1 heterocycles. The maximum atomic E-state index is 11.2. The summed E-state index contributed by atoms with van der Waals surface area (Å²) in [5.41, 5.74) is 6.55. The minimum absolute atomic E-state index is 0.103. The third kappa shape index (κ3) is 2.37. The molecule has 0 amide bonds. The Kier molecular flexibility index (Phi) is 3.63. The number of carbonyl (C=O) groups is 1. The van der Waals surface area contributed by atoms with Gasteiger partial charge in [0.15, 0.2) is 0 Å². The lowest BCUT2D eigenvalue weighted by atomic mass is 10.1. The number of nitrogens with two attached hydrogens (primary N) is 1. The summed E-state index contributed by atoms with van der Waals surface area (Å²) >= 11 is 6.10. The molecule has 1 aromatic rings. The largest absolute Gasteiger partial charge is 0.478 e. The van der Waals surface area contributed by atoms with Gasteiger partial charge in [-0.15, -0.1) is 0 Å². The van der Waals surface area contributed by atoms with E-state index in [1.165, 1.54) is 6.07 Å². The van der Waals surface area contributed by atoms with Gasteiger partial charge in [0.05, 0.1) is 16.3 Å². The van der Waals surface area contributed by atoms with Crippen LogP contribution >= 0.6 is 11.6 Å². The van der Waals surface area contributed by atoms with Gasteiger partial charge >= 0.3 is 5.97 Å². The lowest BCUT2D eigenvalue weighted by Crippen LogP contribution is -2.23. The zero-order valence-electron chi connectivity index (χ0n) is 9.77. The Labute approximate surface area is 110 Å². The molecule has 0 aliphatic carbocycles. The summed E-state index contributed by atoms with van der Waals surface area (Å²) in [5.74, 6) is -0.882. The molecule has 1 unspecified atom stereocenters. The number of halogens is 1. The van der Waals surface area contributed by atoms with Crippen molar-refractivity contribution in [2.45, 2.75) is 6.42 Å². The summed E-state index contributed by atoms with van der Waals surface area (Å²) in [4.78, 5) is 13.1. The summed E-state index contributed by atoms with van der Waals surface area (Å²) in [6, 6.07) is 2.96. The first kappa shape index (κ1) is 13.0. The molecular weight excluding hydrogens is 256 g/mol. The van der Waals surface area contributed by atoms with Crippen molar-refractivity contribution in [3.05, 3.63) is 22.7 Å². The van der Waals surface area contributed by atoms with Crippen molar-refractivity contribution in [3.8, 4) is 0 Å². The van der Waals surface area contributed by atoms with Crippen LogP contribution in [0.3, 0.4) is 0 Å². The Morgan fingerprint density at radius 3 is 2.83 bits per heavy atom. The Balaban J connectivity index is 2.40. The predicted molar refractivity (Wildman–Crippen MR) is 70.2 cm³/mol. The van der Waals surface area contributed by atoms with Crippen molar-refractivity contribution in [3.63, 3.8) is 0 Å². The van der Waals surface area contributed by atoms with Crippen LogP contribution in [0.5, 0.6) is 0 Å². The molecule has 1 aliphatic heterocycles. The molecule has 0 bridgehead atoms. The molecule has 18 heavy (non-hydrogen) atoms. The van der Waals surface area contributed by atoms with Crippen molar-refractivity contribution >= 4 is 28.9 Å². The van der Waals surface area contributed by atoms with E-state index >= 15 is 0 Å². The van der Waals surface area contributed by atoms with Crippen LogP contribution in [0, 0.1) is 5.92 Å². The number of hydrogen-bond acceptors (Lipinski definition) is 4. The van der Waals surface area contributed by atoms with E-state index in [2.05, 4.69) is 0 Å². The minimum atomic E-state index is -1.05. The molecule has 0 spiro atoms. The molecule has 1 aliphatic rings. The van der Waals surface area contributed by atoms with Crippen LogP contribution < -0.4 is 10.6 Å². The molecule has 0 aromatic heterocycles. The first-order chi connectivity index (χ1) is 8.52. The van der Waals surface area contributed by atoms with Gasteiger partial charge in [-0.05, 0) is 18.6 Å². The van der Waals surface area contributed by atoms with Gasteiger partial charge in [-0.25, -0.2) is 4.79 Å². The average Bonchev–Trinajstić information content (AvgIpc) is 2.76. The number of aliphatic hydroxyl groups excluding tert-OH is 1. The van der Waals surface area contributed by atoms with Gasteiger partial charge in [0.25, 0.3) is 0 Å². The van der Waals surface area contributed by atoms with E-state index in [0.29, 0.717) is 29.5 Å². The van der Waals surface area contributed by atoms with Gasteiger partial charge in [-0.3, -0.25) is 0 Å². The molecule has 1 atom stereocenters. The fourth-order valence-corrected chi connectivity index (χ4v) is 2.64. The number of hydrogen-bond donors (Lipinski definition) is 3. The van der Waals surface area contributed by atoms with Crippen LogP contribution in [0.1, 0.15) is 16.8 Å². The van der Waals surface area contributed by atoms with E-state index in [1.54, 1.807) is 6.07 Å². The van der Waals surface area contributed by atoms with Gasteiger partial charge in [-0.2, -0.15) is 0 Å². The van der Waals surface area contributed by atoms with Crippen molar-refractivity contribution in [2.24, 2.45) is 5.92 Å². The van der Waals surface area contributed by atoms with E-state index in [0.717, 1.165) is 6.42 Å². The number of benzene rings is 1. The topological polar surface area (TPSA) is 86.8 Å². The second-order valence-corrected chi connectivity index (χ2v) is 4.89. The van der Waals surface area contributed by atoms with Crippen molar-refractivity contribution in [1.29, 1.82) is 0 Å². The molecule has 1 fully saturated rings. The highest BCUT2D eigenvalue weighted by Gasteiger charge is 2.27. The Bertz CT molecular complexity index is 479. The van der Waals surface area contributed by atoms with E-state index in [1.807, 2.05) is 4.90 Å². The Morgan fingerprint density at radius 1 is 1.56 bits per heavy atom. The van der Waals surface area contributed by atoms with E-state index < -0.39 is 5.97 Å². The first-order valence-corrected chi connectivity index (χ1v) is 6.09. The monoisotopic (exact) mass is 270 g/mol. The highest BCUT2D eigenvalue weighted by Crippen LogP contribution is 2.35. The fourth-order valence-electron chi connectivity index (χ4n) is 2.29. The highest BCUT2D eigenvalue weighted by atomic mass is 35.5. The van der Waals surface area contributed by atoms with Gasteiger partial charge < -0.3 is 20.8 Å². The lowest BCUT2D eigenvalue weighted by molar-refractivity contribution is 0.0697. The third-order valence-electron chi connectivity index (χ3n) is 3.18. The quantitative estimate of drug-likeness (QED) is 0.724. The molecule has 1 aromatic carbocycles. The van der Waals surface area contributed by atoms with Gasteiger partial charge in [0.1, 0.15) is 0 Å². The molecule has 4 N–H and O–H groups in total. The molecule has 2 rings (SSSR count). The van der Waals surface area contributed by atoms with Crippen LogP contribution in [-0.4, -0.2) is 35.9 Å². The fraction of sp³-hybridized carbons (Fsp3) is 0.417. The van der Waals surface area contributed by atoms with Crippen LogP contribution in [0.2, 0.25) is 5.02 Å². The number of nitrogen functional groups attached to an aromatic ring is 1. The summed E-state index contributed by atoms with van der Waals surface area (Å²) in [7, 11) is 0. The summed E-state index contributed by atoms with van der Waals surface area (Å²) in [6.07, 6.45) is 0.830. The van der Waals surface area contributed by atoms with Gasteiger partial charge in [-0.1, -0.05) is 11.6 Å². The molecule has 1 saturated heterocycles. The van der Waals surface area contributed by atoms with Crippen molar-refractivity contribution in [1.82, 2.24) is 0 Å². The molecule has 98 valence electrons. The van der Waals surface area contributed by atoms with Crippen molar-refractivity contribution < 1.29 is 15.0 Å². The molecule has 0 radical (unpaired) electrons.